The quantitative estimate of drug-likeness (QED) is 0.837. The molecule has 0 aliphatic rings. The van der Waals surface area contributed by atoms with Gasteiger partial charge in [0.15, 0.2) is 0 Å². The van der Waals surface area contributed by atoms with Gasteiger partial charge in [0.1, 0.15) is 0 Å². The van der Waals surface area contributed by atoms with Gasteiger partial charge in [-0.3, -0.25) is 9.59 Å². The van der Waals surface area contributed by atoms with E-state index in [1.165, 1.54) is 11.3 Å². The Morgan fingerprint density at radius 1 is 1.32 bits per heavy atom. The van der Waals surface area contributed by atoms with Crippen molar-refractivity contribution in [1.82, 2.24) is 4.57 Å². The minimum absolute atomic E-state index is 0.0461. The summed E-state index contributed by atoms with van der Waals surface area (Å²) in [6.07, 6.45) is 1.49. The van der Waals surface area contributed by atoms with E-state index in [0.717, 1.165) is 17.0 Å². The second-order valence-corrected chi connectivity index (χ2v) is 6.57. The van der Waals surface area contributed by atoms with Crippen LogP contribution in [-0.4, -0.2) is 15.6 Å². The van der Waals surface area contributed by atoms with Gasteiger partial charge < -0.3 is 9.67 Å². The summed E-state index contributed by atoms with van der Waals surface area (Å²) in [7, 11) is 0. The van der Waals surface area contributed by atoms with Gasteiger partial charge in [-0.15, -0.1) is 0 Å². The Balaban J connectivity index is 3.00. The van der Waals surface area contributed by atoms with Crippen LogP contribution in [0.5, 0.6) is 0 Å². The second kappa shape index (κ2) is 6.89. The number of aliphatic carboxylic acids is 1. The number of thiazole rings is 1. The Morgan fingerprint density at radius 2 is 1.95 bits per heavy atom. The van der Waals surface area contributed by atoms with Crippen LogP contribution in [0.3, 0.4) is 0 Å². The molecule has 0 aliphatic heterocycles. The molecule has 0 spiro atoms. The summed E-state index contributed by atoms with van der Waals surface area (Å²) < 4.78 is 1.78. The van der Waals surface area contributed by atoms with Crippen molar-refractivity contribution in [2.75, 3.05) is 0 Å². The Kier molecular flexibility index (Phi) is 5.79. The fourth-order valence-corrected chi connectivity index (χ4v) is 3.16. The molecule has 108 valence electrons. The molecule has 1 rings (SSSR count). The maximum Gasteiger partial charge on any atom is 0.307 e. The first-order valence-corrected chi connectivity index (χ1v) is 7.58. The average Bonchev–Trinajstić information content (AvgIpc) is 2.56. The maximum atomic E-state index is 12.1. The molecule has 5 heteroatoms. The summed E-state index contributed by atoms with van der Waals surface area (Å²) >= 11 is 1.31. The van der Waals surface area contributed by atoms with Crippen LogP contribution in [0.25, 0.3) is 0 Å². The molecule has 0 unspecified atom stereocenters. The fourth-order valence-electron chi connectivity index (χ4n) is 2.11. The average molecular weight is 285 g/mol. The molecule has 1 N–H and O–H groups in total. The van der Waals surface area contributed by atoms with E-state index >= 15 is 0 Å². The zero-order valence-corrected chi connectivity index (χ0v) is 12.9. The molecule has 0 bridgehead atoms. The number of hydrogen-bond donors (Lipinski definition) is 1. The van der Waals surface area contributed by atoms with Crippen LogP contribution < -0.4 is 4.87 Å². The Labute approximate surface area is 118 Å². The highest BCUT2D eigenvalue weighted by Crippen LogP contribution is 2.25. The minimum Gasteiger partial charge on any atom is -0.481 e. The largest absolute Gasteiger partial charge is 0.481 e. The van der Waals surface area contributed by atoms with Gasteiger partial charge in [0.05, 0.1) is 0 Å². The lowest BCUT2D eigenvalue weighted by molar-refractivity contribution is -0.137. The second-order valence-electron chi connectivity index (χ2n) is 5.58. The third kappa shape index (κ3) is 4.49. The predicted molar refractivity (Wildman–Crippen MR) is 78.1 cm³/mol. The fraction of sp³-hybridized carbons (Fsp3) is 0.714. The summed E-state index contributed by atoms with van der Waals surface area (Å²) in [6.45, 7) is 8.96. The first-order chi connectivity index (χ1) is 8.82. The van der Waals surface area contributed by atoms with Gasteiger partial charge in [-0.2, -0.15) is 0 Å². The van der Waals surface area contributed by atoms with Crippen LogP contribution in [-0.2, 0) is 17.8 Å². The van der Waals surface area contributed by atoms with Crippen molar-refractivity contribution in [1.29, 1.82) is 0 Å². The Bertz CT molecular complexity index is 485. The standard InChI is InChI=1S/C14H23NO3S/c1-9(2)8-11-13(10(3)4)19-14(18)15(11)7-5-6-12(16)17/h9-10H,5-8H2,1-4H3,(H,16,17). The van der Waals surface area contributed by atoms with Crippen molar-refractivity contribution in [3.8, 4) is 0 Å². The summed E-state index contributed by atoms with van der Waals surface area (Å²) in [5.74, 6) is 0.0159. The molecule has 1 aromatic heterocycles. The monoisotopic (exact) mass is 285 g/mol. The van der Waals surface area contributed by atoms with Crippen molar-refractivity contribution in [2.45, 2.75) is 59.4 Å². The Morgan fingerprint density at radius 3 is 2.42 bits per heavy atom. The van der Waals surface area contributed by atoms with E-state index < -0.39 is 5.97 Å². The zero-order valence-electron chi connectivity index (χ0n) is 12.1. The van der Waals surface area contributed by atoms with Crippen molar-refractivity contribution >= 4 is 17.3 Å². The number of aromatic nitrogens is 1. The third-order valence-corrected chi connectivity index (χ3v) is 4.25. The van der Waals surface area contributed by atoms with Crippen LogP contribution in [0.1, 0.15) is 57.0 Å². The van der Waals surface area contributed by atoms with Gasteiger partial charge in [-0.05, 0) is 24.7 Å². The SMILES string of the molecule is CC(C)Cc1c(C(C)C)sc(=O)n1CCCC(=O)O. The van der Waals surface area contributed by atoms with Gasteiger partial charge in [0, 0.05) is 23.5 Å². The van der Waals surface area contributed by atoms with Crippen LogP contribution in [0.2, 0.25) is 0 Å². The number of rotatable bonds is 7. The normalized spacial score (nSPS) is 11.5. The zero-order chi connectivity index (χ0) is 14.6. The molecule has 0 saturated heterocycles. The van der Waals surface area contributed by atoms with Crippen molar-refractivity contribution in [3.05, 3.63) is 20.2 Å². The van der Waals surface area contributed by atoms with Crippen molar-refractivity contribution in [2.24, 2.45) is 5.92 Å². The van der Waals surface area contributed by atoms with Crippen LogP contribution in [0, 0.1) is 5.92 Å². The van der Waals surface area contributed by atoms with E-state index in [0.29, 0.717) is 24.8 Å². The van der Waals surface area contributed by atoms with Crippen LogP contribution in [0.15, 0.2) is 4.79 Å². The molecule has 1 heterocycles. The van der Waals surface area contributed by atoms with E-state index in [-0.39, 0.29) is 11.3 Å². The van der Waals surface area contributed by atoms with E-state index in [2.05, 4.69) is 27.7 Å². The number of nitrogens with zero attached hydrogens (tertiary/aromatic N) is 1. The molecule has 0 radical (unpaired) electrons. The van der Waals surface area contributed by atoms with E-state index in [1.54, 1.807) is 4.57 Å². The highest BCUT2D eigenvalue weighted by molar-refractivity contribution is 7.09. The summed E-state index contributed by atoms with van der Waals surface area (Å²) in [5, 5.41) is 8.68. The van der Waals surface area contributed by atoms with Crippen LogP contribution in [0.4, 0.5) is 0 Å². The van der Waals surface area contributed by atoms with E-state index in [1.807, 2.05) is 0 Å². The van der Waals surface area contributed by atoms with Gasteiger partial charge >= 0.3 is 10.8 Å². The molecule has 0 aliphatic carbocycles. The molecule has 4 nitrogen and oxygen atoms in total. The molecule has 0 amide bonds. The number of carbonyl (C=O) groups is 1. The van der Waals surface area contributed by atoms with Gasteiger partial charge in [0.2, 0.25) is 0 Å². The molecule has 0 fully saturated rings. The number of hydrogen-bond acceptors (Lipinski definition) is 3. The maximum absolute atomic E-state index is 12.1. The van der Waals surface area contributed by atoms with E-state index in [4.69, 9.17) is 5.11 Å². The first-order valence-electron chi connectivity index (χ1n) is 6.77. The summed E-state index contributed by atoms with van der Waals surface area (Å²) in [6, 6.07) is 0. The molecule has 19 heavy (non-hydrogen) atoms. The molecular weight excluding hydrogens is 262 g/mol. The molecule has 0 aromatic carbocycles. The lowest BCUT2D eigenvalue weighted by Gasteiger charge is -2.13. The van der Waals surface area contributed by atoms with Crippen molar-refractivity contribution in [3.63, 3.8) is 0 Å². The summed E-state index contributed by atoms with van der Waals surface area (Å²) in [5.41, 5.74) is 1.10. The third-order valence-electron chi connectivity index (χ3n) is 2.93. The Hall–Kier alpha value is -1.10. The molecular formula is C14H23NO3S. The highest BCUT2D eigenvalue weighted by Gasteiger charge is 2.18. The van der Waals surface area contributed by atoms with Gasteiger partial charge in [-0.25, -0.2) is 0 Å². The van der Waals surface area contributed by atoms with Crippen LogP contribution >= 0.6 is 11.3 Å². The first kappa shape index (κ1) is 16.0. The molecule has 0 atom stereocenters. The predicted octanol–water partition coefficient (Wildman–Crippen LogP) is 3.10. The topological polar surface area (TPSA) is 59.3 Å². The lowest BCUT2D eigenvalue weighted by Crippen LogP contribution is -2.18. The smallest absolute Gasteiger partial charge is 0.307 e. The van der Waals surface area contributed by atoms with Gasteiger partial charge in [0.25, 0.3) is 0 Å². The van der Waals surface area contributed by atoms with Crippen molar-refractivity contribution < 1.29 is 9.90 Å². The lowest BCUT2D eigenvalue weighted by atomic mass is 10.0. The van der Waals surface area contributed by atoms with Gasteiger partial charge in [-0.1, -0.05) is 39.0 Å². The number of carboxylic acids is 1. The molecule has 1 aromatic rings. The molecule has 0 saturated carbocycles. The summed E-state index contributed by atoms with van der Waals surface area (Å²) in [4.78, 5) is 23.8. The minimum atomic E-state index is -0.808. The number of carboxylic acid groups (broad SMARTS) is 1. The van der Waals surface area contributed by atoms with E-state index in [9.17, 15) is 9.59 Å². The highest BCUT2D eigenvalue weighted by atomic mass is 32.1.